The van der Waals surface area contributed by atoms with E-state index in [0.717, 1.165) is 23.2 Å². The van der Waals surface area contributed by atoms with E-state index in [0.29, 0.717) is 22.3 Å². The van der Waals surface area contributed by atoms with Crippen LogP contribution in [-0.2, 0) is 20.1 Å². The van der Waals surface area contributed by atoms with Crippen molar-refractivity contribution in [2.45, 2.75) is 20.6 Å². The van der Waals surface area contributed by atoms with Crippen LogP contribution in [0.4, 0.5) is 0 Å². The molecule has 0 N–H and O–H groups in total. The fraction of sp³-hybridized carbons (Fsp3) is 0.0968. The van der Waals surface area contributed by atoms with E-state index in [1.54, 1.807) is 6.07 Å². The Hall–Kier alpha value is -3.59. The van der Waals surface area contributed by atoms with Crippen LogP contribution in [0.2, 0.25) is 0 Å². The first-order chi connectivity index (χ1) is 21.9. The maximum atomic E-state index is 8.20. The molecule has 3 aromatic heterocycles. The Balaban J connectivity index is 0.000000214. The smallest absolute Gasteiger partial charge is 0.120 e. The van der Waals surface area contributed by atoms with Gasteiger partial charge in [-0.1, -0.05) is 60.2 Å². The van der Waals surface area contributed by atoms with Crippen LogP contribution in [0.25, 0.3) is 44.5 Å². The second-order valence-electron chi connectivity index (χ2n) is 7.23. The molecule has 4 heteroatoms. The molecule has 6 rings (SSSR count). The molecule has 0 aliphatic heterocycles. The zero-order chi connectivity index (χ0) is 34.5. The number of hydrogen-bond acceptors (Lipinski definition) is 3. The van der Waals surface area contributed by atoms with E-state index in [9.17, 15) is 0 Å². The molecule has 0 atom stereocenters. The summed E-state index contributed by atoms with van der Waals surface area (Å²) >= 11 is 0. The largest absolute Gasteiger partial charge is 0.501 e. The SMILES string of the molecule is [2H]c1c(C([2H])([2H])[2H])cnc(-c2[c-]cc(C([2H])([2H])[2H])cc2)c1[2H].[2H]c1c(C([2H])([2H])[2H])cnc(-c2[c-]ccc3c2oc2ccccc23)c1[2H].[Ir]. The Labute approximate surface area is 237 Å². The third-order valence-corrected chi connectivity index (χ3v) is 4.92. The average molecular weight is 646 g/mol. The number of fused-ring (bicyclic) bond motifs is 3. The Morgan fingerprint density at radius 2 is 1.51 bits per heavy atom. The number of nitrogens with zero attached hydrogens (tertiary/aromatic N) is 2. The van der Waals surface area contributed by atoms with Crippen molar-refractivity contribution in [3.63, 3.8) is 0 Å². The summed E-state index contributed by atoms with van der Waals surface area (Å²) in [6.45, 7) is -7.24. The number of hydrogen-bond donors (Lipinski definition) is 0. The average Bonchev–Trinajstić information content (AvgIpc) is 3.38. The molecule has 0 bridgehead atoms. The summed E-state index contributed by atoms with van der Waals surface area (Å²) in [6.07, 6.45) is 2.19. The van der Waals surface area contributed by atoms with Gasteiger partial charge in [-0.3, -0.25) is 0 Å². The zero-order valence-corrected chi connectivity index (χ0v) is 20.4. The van der Waals surface area contributed by atoms with Crippen LogP contribution in [0.5, 0.6) is 0 Å². The van der Waals surface area contributed by atoms with Crippen molar-refractivity contribution in [1.29, 1.82) is 0 Å². The minimum atomic E-state index is -2.51. The van der Waals surface area contributed by atoms with Crippen molar-refractivity contribution in [2.75, 3.05) is 0 Å². The van der Waals surface area contributed by atoms with E-state index >= 15 is 0 Å². The molecule has 0 saturated carbocycles. The predicted octanol–water partition coefficient (Wildman–Crippen LogP) is 7.92. The molecule has 1 radical (unpaired) electrons. The molecule has 3 aromatic carbocycles. The van der Waals surface area contributed by atoms with Crippen molar-refractivity contribution < 1.29 is 42.3 Å². The molecule has 0 aliphatic carbocycles. The fourth-order valence-electron chi connectivity index (χ4n) is 3.34. The van der Waals surface area contributed by atoms with Gasteiger partial charge in [0.2, 0.25) is 0 Å². The van der Waals surface area contributed by atoms with E-state index < -0.39 is 26.6 Å². The molecule has 0 spiro atoms. The topological polar surface area (TPSA) is 38.9 Å². The fourth-order valence-corrected chi connectivity index (χ4v) is 3.34. The van der Waals surface area contributed by atoms with Gasteiger partial charge in [-0.15, -0.1) is 53.6 Å². The summed E-state index contributed by atoms with van der Waals surface area (Å²) in [7, 11) is 0. The predicted molar refractivity (Wildman–Crippen MR) is 139 cm³/mol. The quantitative estimate of drug-likeness (QED) is 0.180. The van der Waals surface area contributed by atoms with Gasteiger partial charge in [-0.2, -0.15) is 0 Å². The zero-order valence-electron chi connectivity index (χ0n) is 31.0. The van der Waals surface area contributed by atoms with Gasteiger partial charge in [-0.25, -0.2) is 0 Å². The normalized spacial score (nSPS) is 17.0. The maximum Gasteiger partial charge on any atom is 0.120 e. The van der Waals surface area contributed by atoms with E-state index in [-0.39, 0.29) is 66.3 Å². The summed E-state index contributed by atoms with van der Waals surface area (Å²) in [4.78, 5) is 8.07. The minimum Gasteiger partial charge on any atom is -0.501 e. The van der Waals surface area contributed by atoms with Gasteiger partial charge < -0.3 is 14.4 Å². The van der Waals surface area contributed by atoms with Gasteiger partial charge in [-0.05, 0) is 42.3 Å². The molecule has 0 unspecified atom stereocenters. The Bertz CT molecular complexity index is 2100. The Morgan fingerprint density at radius 3 is 2.26 bits per heavy atom. The summed E-state index contributed by atoms with van der Waals surface area (Å²) in [5, 5.41) is 1.79. The van der Waals surface area contributed by atoms with Crippen LogP contribution in [0.1, 0.15) is 34.5 Å². The Kier molecular flexibility index (Phi) is 3.98. The van der Waals surface area contributed by atoms with E-state index in [1.807, 2.05) is 30.3 Å². The van der Waals surface area contributed by atoms with Crippen LogP contribution in [-0.4, -0.2) is 9.97 Å². The number of aromatic nitrogens is 2. The molecule has 0 amide bonds. The molecule has 175 valence electrons. The first kappa shape index (κ1) is 12.9. The van der Waals surface area contributed by atoms with Gasteiger partial charge in [0.15, 0.2) is 0 Å². The molecule has 3 nitrogen and oxygen atoms in total. The summed E-state index contributed by atoms with van der Waals surface area (Å²) < 4.78 is 104. The van der Waals surface area contributed by atoms with E-state index in [2.05, 4.69) is 22.1 Å². The number of pyridine rings is 2. The summed E-state index contributed by atoms with van der Waals surface area (Å²) in [5.41, 5.74) is 1.86. The van der Waals surface area contributed by atoms with Crippen LogP contribution in [0, 0.1) is 32.7 Å². The van der Waals surface area contributed by atoms with Gasteiger partial charge in [0.05, 0.1) is 11.1 Å². The van der Waals surface area contributed by atoms with Crippen LogP contribution < -0.4 is 0 Å². The number of para-hydroxylation sites is 1. The van der Waals surface area contributed by atoms with Crippen molar-refractivity contribution in [2.24, 2.45) is 0 Å². The van der Waals surface area contributed by atoms with Gasteiger partial charge in [0.25, 0.3) is 0 Å². The number of benzene rings is 3. The van der Waals surface area contributed by atoms with Crippen molar-refractivity contribution in [3.8, 4) is 22.5 Å². The standard InChI is InChI=1S/C18H12NO.C13H12N.Ir/c1-12-9-10-16(19-11-12)15-7-4-6-14-13-5-2-3-8-17(13)20-18(14)15;1-10-3-6-12(7-4-10)13-8-5-11(2)9-14-13;/h2-6,8-11H,1H3;3-6,8-9H,1-2H3;/q2*-1;/i1D3,9D,10D;1D3,2D3,5D,8D;. The molecule has 0 aliphatic rings. The number of furan rings is 1. The minimum absolute atomic E-state index is 0. The second kappa shape index (κ2) is 10.8. The third-order valence-electron chi connectivity index (χ3n) is 4.92. The third kappa shape index (κ3) is 5.40. The van der Waals surface area contributed by atoms with Crippen molar-refractivity contribution in [3.05, 3.63) is 120 Å². The first-order valence-corrected chi connectivity index (χ1v) is 10.2. The molecular weight excluding hydrogens is 609 g/mol. The molecule has 6 aromatic rings. The molecule has 35 heavy (non-hydrogen) atoms. The van der Waals surface area contributed by atoms with Gasteiger partial charge in [0.1, 0.15) is 5.58 Å². The first-order valence-electron chi connectivity index (χ1n) is 16.7. The van der Waals surface area contributed by atoms with Crippen molar-refractivity contribution in [1.82, 2.24) is 9.97 Å². The van der Waals surface area contributed by atoms with E-state index in [1.165, 1.54) is 18.2 Å². The molecule has 0 saturated heterocycles. The van der Waals surface area contributed by atoms with Crippen LogP contribution >= 0.6 is 0 Å². The molecular formula is C31H24IrN2O-2. The second-order valence-corrected chi connectivity index (χ2v) is 7.23. The van der Waals surface area contributed by atoms with Crippen LogP contribution in [0.3, 0.4) is 0 Å². The number of aryl methyl sites for hydroxylation is 3. The van der Waals surface area contributed by atoms with Crippen molar-refractivity contribution >= 4 is 21.9 Å². The summed E-state index contributed by atoms with van der Waals surface area (Å²) in [6, 6.07) is 19.6. The van der Waals surface area contributed by atoms with E-state index in [4.69, 9.17) is 22.2 Å². The molecule has 3 heterocycles. The monoisotopic (exact) mass is 646 g/mol. The van der Waals surface area contributed by atoms with Gasteiger partial charge in [0, 0.05) is 50.2 Å². The maximum absolute atomic E-state index is 8.20. The Morgan fingerprint density at radius 1 is 0.771 bits per heavy atom. The summed E-state index contributed by atoms with van der Waals surface area (Å²) in [5.74, 6) is 0. The molecule has 0 fully saturated rings. The number of rotatable bonds is 2. The van der Waals surface area contributed by atoms with Crippen LogP contribution in [0.15, 0.2) is 95.6 Å². The van der Waals surface area contributed by atoms with Gasteiger partial charge >= 0.3 is 0 Å².